The minimum atomic E-state index is -0.633. The Morgan fingerprint density at radius 3 is 2.71 bits per heavy atom. The molecule has 2 heterocycles. The summed E-state index contributed by atoms with van der Waals surface area (Å²) in [6, 6.07) is 10.8. The summed E-state index contributed by atoms with van der Waals surface area (Å²) in [5, 5.41) is 11.8. The van der Waals surface area contributed by atoms with Crippen molar-refractivity contribution in [1.29, 1.82) is 0 Å². The number of hydrogen-bond acceptors (Lipinski definition) is 8. The number of benzene rings is 2. The molecule has 1 fully saturated rings. The number of aromatic nitrogens is 1. The van der Waals surface area contributed by atoms with Crippen LogP contribution in [0.15, 0.2) is 42.5 Å². The summed E-state index contributed by atoms with van der Waals surface area (Å²) in [6.45, 7) is 3.87. The zero-order valence-electron chi connectivity index (χ0n) is 15.2. The summed E-state index contributed by atoms with van der Waals surface area (Å²) < 4.78 is 6.34. The maximum Gasteiger partial charge on any atom is 0.343 e. The number of hydrogen-bond donors (Lipinski definition) is 0. The number of nitrogens with zero attached hydrogens (tertiary/aromatic N) is 4. The Kier molecular flexibility index (Phi) is 4.93. The van der Waals surface area contributed by atoms with Crippen LogP contribution in [0.1, 0.15) is 10.4 Å². The van der Waals surface area contributed by atoms with Crippen molar-refractivity contribution in [1.82, 2.24) is 9.88 Å². The lowest BCUT2D eigenvalue weighted by atomic mass is 10.2. The third-order valence-corrected chi connectivity index (χ3v) is 5.70. The van der Waals surface area contributed by atoms with E-state index in [1.165, 1.54) is 24.3 Å². The van der Waals surface area contributed by atoms with Gasteiger partial charge < -0.3 is 14.5 Å². The monoisotopic (exact) mass is 398 g/mol. The molecule has 1 aliphatic rings. The van der Waals surface area contributed by atoms with E-state index in [2.05, 4.69) is 21.8 Å². The molecule has 0 saturated carbocycles. The van der Waals surface area contributed by atoms with E-state index in [1.807, 2.05) is 6.07 Å². The lowest BCUT2D eigenvalue weighted by Gasteiger charge is -2.31. The third kappa shape index (κ3) is 3.80. The molecule has 1 saturated heterocycles. The molecule has 0 bridgehead atoms. The molecular formula is C19H18N4O4S. The van der Waals surface area contributed by atoms with Gasteiger partial charge in [-0.25, -0.2) is 9.78 Å². The molecule has 144 valence electrons. The summed E-state index contributed by atoms with van der Waals surface area (Å²) in [5.74, 6) is -0.246. The molecule has 28 heavy (non-hydrogen) atoms. The van der Waals surface area contributed by atoms with E-state index >= 15 is 0 Å². The van der Waals surface area contributed by atoms with Gasteiger partial charge in [0.15, 0.2) is 5.13 Å². The molecule has 2 aromatic carbocycles. The largest absolute Gasteiger partial charge is 0.423 e. The van der Waals surface area contributed by atoms with Gasteiger partial charge in [0, 0.05) is 44.4 Å². The highest BCUT2D eigenvalue weighted by Gasteiger charge is 2.18. The first kappa shape index (κ1) is 18.3. The normalized spacial score (nSPS) is 15.0. The molecule has 3 aromatic rings. The van der Waals surface area contributed by atoms with E-state index in [0.29, 0.717) is 5.75 Å². The number of carbonyl (C=O) groups excluding carboxylic acids is 1. The molecule has 0 unspecified atom stereocenters. The number of esters is 1. The zero-order chi connectivity index (χ0) is 19.7. The second kappa shape index (κ2) is 7.53. The van der Waals surface area contributed by atoms with Crippen molar-refractivity contribution >= 4 is 38.3 Å². The number of anilines is 1. The molecule has 4 rings (SSSR count). The quantitative estimate of drug-likeness (QED) is 0.289. The molecule has 0 amide bonds. The van der Waals surface area contributed by atoms with Crippen LogP contribution in [0.4, 0.5) is 10.8 Å². The molecule has 0 radical (unpaired) electrons. The van der Waals surface area contributed by atoms with E-state index in [4.69, 9.17) is 4.74 Å². The van der Waals surface area contributed by atoms with Gasteiger partial charge in [-0.05, 0) is 25.2 Å². The van der Waals surface area contributed by atoms with Crippen LogP contribution in [0.2, 0.25) is 0 Å². The topological polar surface area (TPSA) is 88.8 Å². The number of piperazine rings is 1. The van der Waals surface area contributed by atoms with Crippen LogP contribution in [0.25, 0.3) is 10.2 Å². The summed E-state index contributed by atoms with van der Waals surface area (Å²) in [7, 11) is 2.11. The van der Waals surface area contributed by atoms with E-state index in [-0.39, 0.29) is 11.3 Å². The van der Waals surface area contributed by atoms with Crippen LogP contribution in [-0.4, -0.2) is 54.0 Å². The van der Waals surface area contributed by atoms with Gasteiger partial charge in [0.2, 0.25) is 0 Å². The summed E-state index contributed by atoms with van der Waals surface area (Å²) in [6.07, 6.45) is 0. The fourth-order valence-electron chi connectivity index (χ4n) is 3.00. The first-order chi connectivity index (χ1) is 13.5. The molecule has 1 aromatic heterocycles. The number of nitro groups is 1. The fourth-order valence-corrected chi connectivity index (χ4v) is 4.05. The number of likely N-dealkylation sites (N-methyl/N-ethyl adjacent to an activating group) is 1. The summed E-state index contributed by atoms with van der Waals surface area (Å²) in [5.41, 5.74) is 0.843. The number of ether oxygens (including phenoxy) is 1. The molecule has 9 heteroatoms. The Labute approximate surface area is 165 Å². The standard InChI is InChI=1S/C19H18N4O4S/c1-21-7-9-22(10-8-21)19-20-16-6-5-15(12-17(16)28-19)27-18(24)13-3-2-4-14(11-13)23(25)26/h2-6,11-12H,7-10H2,1H3. The van der Waals surface area contributed by atoms with Crippen molar-refractivity contribution in [2.75, 3.05) is 38.1 Å². The highest BCUT2D eigenvalue weighted by molar-refractivity contribution is 7.22. The van der Waals surface area contributed by atoms with Crippen LogP contribution in [0.3, 0.4) is 0 Å². The maximum absolute atomic E-state index is 12.3. The molecule has 0 spiro atoms. The van der Waals surface area contributed by atoms with Gasteiger partial charge in [-0.2, -0.15) is 0 Å². The Balaban J connectivity index is 1.52. The van der Waals surface area contributed by atoms with Gasteiger partial charge in [0.05, 0.1) is 20.7 Å². The van der Waals surface area contributed by atoms with Crippen molar-refractivity contribution in [3.05, 3.63) is 58.1 Å². The van der Waals surface area contributed by atoms with E-state index in [0.717, 1.165) is 41.5 Å². The van der Waals surface area contributed by atoms with Crippen molar-refractivity contribution in [2.24, 2.45) is 0 Å². The van der Waals surface area contributed by atoms with Gasteiger partial charge in [-0.1, -0.05) is 17.4 Å². The van der Waals surface area contributed by atoms with Gasteiger partial charge in [0.1, 0.15) is 5.75 Å². The smallest absolute Gasteiger partial charge is 0.343 e. The van der Waals surface area contributed by atoms with Crippen LogP contribution in [0, 0.1) is 10.1 Å². The predicted octanol–water partition coefficient (Wildman–Crippen LogP) is 3.18. The molecule has 1 aliphatic heterocycles. The second-order valence-corrected chi connectivity index (χ2v) is 7.62. The van der Waals surface area contributed by atoms with Gasteiger partial charge in [0.25, 0.3) is 5.69 Å². The first-order valence-corrected chi connectivity index (χ1v) is 9.62. The Hall–Kier alpha value is -3.04. The Morgan fingerprint density at radius 2 is 1.96 bits per heavy atom. The molecule has 8 nitrogen and oxygen atoms in total. The number of non-ortho nitro benzene ring substituents is 1. The zero-order valence-corrected chi connectivity index (χ0v) is 16.0. The number of fused-ring (bicyclic) bond motifs is 1. The van der Waals surface area contributed by atoms with Crippen LogP contribution in [-0.2, 0) is 0 Å². The number of thiazole rings is 1. The van der Waals surface area contributed by atoms with Crippen LogP contribution in [0.5, 0.6) is 5.75 Å². The lowest BCUT2D eigenvalue weighted by molar-refractivity contribution is -0.384. The highest BCUT2D eigenvalue weighted by Crippen LogP contribution is 2.32. The van der Waals surface area contributed by atoms with E-state index in [9.17, 15) is 14.9 Å². The summed E-state index contributed by atoms with van der Waals surface area (Å²) in [4.78, 5) is 31.9. The fraction of sp³-hybridized carbons (Fsp3) is 0.263. The Morgan fingerprint density at radius 1 is 1.18 bits per heavy atom. The lowest BCUT2D eigenvalue weighted by Crippen LogP contribution is -2.44. The van der Waals surface area contributed by atoms with E-state index < -0.39 is 10.9 Å². The van der Waals surface area contributed by atoms with Gasteiger partial charge in [-0.3, -0.25) is 10.1 Å². The molecular weight excluding hydrogens is 380 g/mol. The van der Waals surface area contributed by atoms with Crippen LogP contribution >= 0.6 is 11.3 Å². The minimum Gasteiger partial charge on any atom is -0.423 e. The average Bonchev–Trinajstić information content (AvgIpc) is 3.12. The van der Waals surface area contributed by atoms with Crippen molar-refractivity contribution in [3.8, 4) is 5.75 Å². The SMILES string of the molecule is CN1CCN(c2nc3ccc(OC(=O)c4cccc([N+](=O)[O-])c4)cc3s2)CC1. The van der Waals surface area contributed by atoms with Crippen molar-refractivity contribution < 1.29 is 14.5 Å². The predicted molar refractivity (Wildman–Crippen MR) is 107 cm³/mol. The molecule has 0 aliphatic carbocycles. The van der Waals surface area contributed by atoms with Crippen LogP contribution < -0.4 is 9.64 Å². The summed E-state index contributed by atoms with van der Waals surface area (Å²) >= 11 is 1.56. The molecule has 0 N–H and O–H groups in total. The maximum atomic E-state index is 12.3. The number of carbonyl (C=O) groups is 1. The number of nitro benzene ring substituents is 1. The Bertz CT molecular complexity index is 1040. The van der Waals surface area contributed by atoms with Crippen molar-refractivity contribution in [2.45, 2.75) is 0 Å². The van der Waals surface area contributed by atoms with E-state index in [1.54, 1.807) is 23.5 Å². The van der Waals surface area contributed by atoms with Gasteiger partial charge >= 0.3 is 5.97 Å². The van der Waals surface area contributed by atoms with Gasteiger partial charge in [-0.15, -0.1) is 0 Å². The van der Waals surface area contributed by atoms with Crippen molar-refractivity contribution in [3.63, 3.8) is 0 Å². The average molecular weight is 398 g/mol. The highest BCUT2D eigenvalue weighted by atomic mass is 32.1. The number of rotatable bonds is 4. The first-order valence-electron chi connectivity index (χ1n) is 8.80. The minimum absolute atomic E-state index is 0.136. The molecule has 0 atom stereocenters. The second-order valence-electron chi connectivity index (χ2n) is 6.61. The third-order valence-electron chi connectivity index (χ3n) is 4.63.